The van der Waals surface area contributed by atoms with Gasteiger partial charge in [-0.3, -0.25) is 0 Å². The van der Waals surface area contributed by atoms with Gasteiger partial charge < -0.3 is 15.8 Å². The molecule has 0 aliphatic rings. The Kier molecular flexibility index (Phi) is 7.31. The largest absolute Gasteiger partial charge is 0.493 e. The third-order valence-electron chi connectivity index (χ3n) is 3.74. The minimum absolute atomic E-state index is 0.420. The van der Waals surface area contributed by atoms with Crippen LogP contribution in [0.5, 0.6) is 5.75 Å². The van der Waals surface area contributed by atoms with E-state index in [4.69, 9.17) is 10.5 Å². The Morgan fingerprint density at radius 1 is 1.21 bits per heavy atom. The van der Waals surface area contributed by atoms with Crippen LogP contribution in [0.3, 0.4) is 0 Å². The number of hydrogen-bond acceptors (Lipinski definition) is 5. The van der Waals surface area contributed by atoms with Gasteiger partial charge in [-0.05, 0) is 40.9 Å². The van der Waals surface area contributed by atoms with E-state index in [-0.39, 0.29) is 0 Å². The molecule has 0 aliphatic heterocycles. The summed E-state index contributed by atoms with van der Waals surface area (Å²) in [6, 6.07) is 6.26. The van der Waals surface area contributed by atoms with E-state index in [9.17, 15) is 0 Å². The lowest BCUT2D eigenvalue weighted by molar-refractivity contribution is 0.302. The summed E-state index contributed by atoms with van der Waals surface area (Å²) in [4.78, 5) is 8.15. The van der Waals surface area contributed by atoms with Crippen LogP contribution in [0, 0.1) is 6.92 Å². The first-order chi connectivity index (χ1) is 11.6. The Labute approximate surface area is 152 Å². The number of ether oxygens (including phenoxy) is 1. The van der Waals surface area contributed by atoms with E-state index in [0.29, 0.717) is 22.7 Å². The molecule has 0 atom stereocenters. The molecule has 0 radical (unpaired) electrons. The standard InChI is InChI=1S/C18H25BrN4O/c1-3-4-5-6-9-24-15-10-13(2)7-8-14(15)11-21-18-16(19)17(20)22-12-23-18/h7-8,10,12H,3-6,9,11H2,1-2H3,(H3,20,21,22,23). The Bertz CT molecular complexity index is 663. The maximum atomic E-state index is 6.00. The molecule has 0 spiro atoms. The average Bonchev–Trinajstić information content (AvgIpc) is 2.57. The molecule has 0 unspecified atom stereocenters. The molecule has 24 heavy (non-hydrogen) atoms. The van der Waals surface area contributed by atoms with E-state index < -0.39 is 0 Å². The fraction of sp³-hybridized carbons (Fsp3) is 0.444. The molecule has 2 aromatic rings. The smallest absolute Gasteiger partial charge is 0.146 e. The quantitative estimate of drug-likeness (QED) is 0.604. The molecule has 2 rings (SSSR count). The van der Waals surface area contributed by atoms with Crippen molar-refractivity contribution in [2.24, 2.45) is 0 Å². The summed E-state index contributed by atoms with van der Waals surface area (Å²) in [7, 11) is 0. The van der Waals surface area contributed by atoms with Gasteiger partial charge in [-0.15, -0.1) is 0 Å². The number of anilines is 2. The molecular weight excluding hydrogens is 368 g/mol. The first-order valence-corrected chi connectivity index (χ1v) is 9.13. The van der Waals surface area contributed by atoms with Crippen molar-refractivity contribution in [2.45, 2.75) is 46.1 Å². The number of nitrogens with two attached hydrogens (primary N) is 1. The first kappa shape index (κ1) is 18.5. The molecule has 6 heteroatoms. The van der Waals surface area contributed by atoms with Gasteiger partial charge in [-0.2, -0.15) is 0 Å². The topological polar surface area (TPSA) is 73.1 Å². The lowest BCUT2D eigenvalue weighted by Crippen LogP contribution is -2.07. The predicted molar refractivity (Wildman–Crippen MR) is 102 cm³/mol. The van der Waals surface area contributed by atoms with Crippen molar-refractivity contribution in [3.63, 3.8) is 0 Å². The van der Waals surface area contributed by atoms with Crippen molar-refractivity contribution in [1.82, 2.24) is 9.97 Å². The highest BCUT2D eigenvalue weighted by molar-refractivity contribution is 9.10. The van der Waals surface area contributed by atoms with E-state index in [0.717, 1.165) is 24.3 Å². The Balaban J connectivity index is 2.00. The third kappa shape index (κ3) is 5.37. The van der Waals surface area contributed by atoms with Crippen LogP contribution in [0.1, 0.15) is 43.7 Å². The molecule has 0 fully saturated rings. The van der Waals surface area contributed by atoms with Crippen molar-refractivity contribution in [2.75, 3.05) is 17.7 Å². The van der Waals surface area contributed by atoms with Gasteiger partial charge in [0, 0.05) is 12.1 Å². The average molecular weight is 393 g/mol. The van der Waals surface area contributed by atoms with E-state index in [1.54, 1.807) is 0 Å². The van der Waals surface area contributed by atoms with E-state index in [1.165, 1.54) is 31.2 Å². The highest BCUT2D eigenvalue weighted by atomic mass is 79.9. The van der Waals surface area contributed by atoms with Crippen LogP contribution < -0.4 is 15.8 Å². The number of aryl methyl sites for hydroxylation is 1. The lowest BCUT2D eigenvalue weighted by Gasteiger charge is -2.14. The van der Waals surface area contributed by atoms with E-state index in [1.807, 2.05) is 0 Å². The number of rotatable bonds is 9. The number of hydrogen-bond donors (Lipinski definition) is 2. The van der Waals surface area contributed by atoms with Gasteiger partial charge in [0.15, 0.2) is 0 Å². The van der Waals surface area contributed by atoms with E-state index >= 15 is 0 Å². The molecule has 0 bridgehead atoms. The molecule has 1 heterocycles. The molecule has 0 amide bonds. The zero-order valence-electron chi connectivity index (χ0n) is 14.3. The van der Waals surface area contributed by atoms with Crippen molar-refractivity contribution >= 4 is 27.6 Å². The number of nitrogen functional groups attached to an aromatic ring is 1. The molecule has 0 aliphatic carbocycles. The van der Waals surface area contributed by atoms with Gasteiger partial charge in [0.25, 0.3) is 0 Å². The highest BCUT2D eigenvalue weighted by Crippen LogP contribution is 2.26. The maximum Gasteiger partial charge on any atom is 0.146 e. The van der Waals surface area contributed by atoms with Crippen LogP contribution in [0.2, 0.25) is 0 Å². The number of unbranched alkanes of at least 4 members (excludes halogenated alkanes) is 3. The number of benzene rings is 1. The summed E-state index contributed by atoms with van der Waals surface area (Å²) in [5.74, 6) is 2.03. The third-order valence-corrected chi connectivity index (χ3v) is 4.52. The Morgan fingerprint density at radius 2 is 2.04 bits per heavy atom. The van der Waals surface area contributed by atoms with Crippen LogP contribution in [0.4, 0.5) is 11.6 Å². The molecular formula is C18H25BrN4O. The number of aromatic nitrogens is 2. The van der Waals surface area contributed by atoms with Crippen LogP contribution in [0.15, 0.2) is 29.0 Å². The van der Waals surface area contributed by atoms with Crippen LogP contribution >= 0.6 is 15.9 Å². The molecule has 130 valence electrons. The normalized spacial score (nSPS) is 10.6. The molecule has 0 saturated heterocycles. The summed E-state index contributed by atoms with van der Waals surface area (Å²) in [6.45, 7) is 5.65. The van der Waals surface area contributed by atoms with Gasteiger partial charge in [0.2, 0.25) is 0 Å². The maximum absolute atomic E-state index is 6.00. The number of nitrogens with one attached hydrogen (secondary N) is 1. The predicted octanol–water partition coefficient (Wildman–Crippen LogP) is 4.70. The summed E-state index contributed by atoms with van der Waals surface area (Å²) in [5.41, 5.74) is 8.07. The molecule has 0 saturated carbocycles. The molecule has 5 nitrogen and oxygen atoms in total. The van der Waals surface area contributed by atoms with Crippen LogP contribution in [-0.4, -0.2) is 16.6 Å². The minimum atomic E-state index is 0.420. The zero-order chi connectivity index (χ0) is 17.4. The Morgan fingerprint density at radius 3 is 2.83 bits per heavy atom. The SMILES string of the molecule is CCCCCCOc1cc(C)ccc1CNc1ncnc(N)c1Br. The summed E-state index contributed by atoms with van der Waals surface area (Å²) >= 11 is 3.41. The van der Waals surface area contributed by atoms with Crippen molar-refractivity contribution in [1.29, 1.82) is 0 Å². The number of nitrogens with zero attached hydrogens (tertiary/aromatic N) is 2. The fourth-order valence-corrected chi connectivity index (χ4v) is 2.68. The van der Waals surface area contributed by atoms with Crippen molar-refractivity contribution < 1.29 is 4.74 Å². The lowest BCUT2D eigenvalue weighted by atomic mass is 10.1. The fourth-order valence-electron chi connectivity index (χ4n) is 2.34. The zero-order valence-corrected chi connectivity index (χ0v) is 15.9. The highest BCUT2D eigenvalue weighted by Gasteiger charge is 2.08. The van der Waals surface area contributed by atoms with Crippen LogP contribution in [0.25, 0.3) is 0 Å². The van der Waals surface area contributed by atoms with Gasteiger partial charge in [0.05, 0.1) is 6.61 Å². The second kappa shape index (κ2) is 9.47. The van der Waals surface area contributed by atoms with Gasteiger partial charge in [-0.1, -0.05) is 38.3 Å². The first-order valence-electron chi connectivity index (χ1n) is 8.34. The van der Waals surface area contributed by atoms with E-state index in [2.05, 4.69) is 63.3 Å². The van der Waals surface area contributed by atoms with Gasteiger partial charge in [0.1, 0.15) is 28.2 Å². The molecule has 3 N–H and O–H groups in total. The summed E-state index contributed by atoms with van der Waals surface area (Å²) in [6.07, 6.45) is 6.24. The minimum Gasteiger partial charge on any atom is -0.493 e. The van der Waals surface area contributed by atoms with Crippen molar-refractivity contribution in [3.05, 3.63) is 40.1 Å². The summed E-state index contributed by atoms with van der Waals surface area (Å²) in [5, 5.41) is 3.28. The monoisotopic (exact) mass is 392 g/mol. The second-order valence-electron chi connectivity index (χ2n) is 5.80. The summed E-state index contributed by atoms with van der Waals surface area (Å²) < 4.78 is 6.68. The second-order valence-corrected chi connectivity index (χ2v) is 6.59. The van der Waals surface area contributed by atoms with Gasteiger partial charge in [-0.25, -0.2) is 9.97 Å². The van der Waals surface area contributed by atoms with Gasteiger partial charge >= 0.3 is 0 Å². The number of halogens is 1. The molecule has 1 aromatic carbocycles. The van der Waals surface area contributed by atoms with Crippen LogP contribution in [-0.2, 0) is 6.54 Å². The molecule has 1 aromatic heterocycles. The van der Waals surface area contributed by atoms with Crippen molar-refractivity contribution in [3.8, 4) is 5.75 Å². The Hall–Kier alpha value is -1.82.